The van der Waals surface area contributed by atoms with Gasteiger partial charge in [0.15, 0.2) is 0 Å². The van der Waals surface area contributed by atoms with Crippen molar-refractivity contribution in [2.24, 2.45) is 0 Å². The minimum atomic E-state index is -4.75. The monoisotopic (exact) mass is 503 g/mol. The second-order valence-corrected chi connectivity index (χ2v) is 8.04. The number of carbonyl (C=O) groups is 1. The van der Waals surface area contributed by atoms with Gasteiger partial charge in [0, 0.05) is 38.0 Å². The van der Waals surface area contributed by atoms with Gasteiger partial charge in [-0.3, -0.25) is 9.63 Å². The van der Waals surface area contributed by atoms with Crippen LogP contribution in [0.1, 0.15) is 32.6 Å². The Hall–Kier alpha value is -3.90. The molecule has 2 N–H and O–H groups in total. The van der Waals surface area contributed by atoms with Gasteiger partial charge < -0.3 is 20.1 Å². The Labute approximate surface area is 205 Å². The van der Waals surface area contributed by atoms with Crippen molar-refractivity contribution < 1.29 is 32.3 Å². The SMILES string of the molecule is CNC(=O)c1cc(OC)c(Nc2ncc(C(F)(F)F)c(Oc3cccc4c3CON(C)C4)n2)cc1C. The van der Waals surface area contributed by atoms with Crippen LogP contribution in [0.4, 0.5) is 24.8 Å². The Bertz CT molecular complexity index is 1300. The minimum Gasteiger partial charge on any atom is -0.495 e. The molecule has 1 aromatic heterocycles. The van der Waals surface area contributed by atoms with Gasteiger partial charge in [-0.25, -0.2) is 4.98 Å². The lowest BCUT2D eigenvalue weighted by atomic mass is 10.1. The third kappa shape index (κ3) is 5.19. The maximum Gasteiger partial charge on any atom is 0.423 e. The molecule has 4 rings (SSSR count). The topological polar surface area (TPSA) is 97.8 Å². The molecule has 1 amide bonds. The van der Waals surface area contributed by atoms with Crippen LogP contribution in [0.15, 0.2) is 36.5 Å². The van der Waals surface area contributed by atoms with E-state index < -0.39 is 17.6 Å². The third-order valence-corrected chi connectivity index (χ3v) is 5.58. The first kappa shape index (κ1) is 25.2. The number of aromatic nitrogens is 2. The van der Waals surface area contributed by atoms with Crippen molar-refractivity contribution in [3.05, 3.63) is 64.3 Å². The predicted octanol–water partition coefficient (Wildman–Crippen LogP) is 4.58. The van der Waals surface area contributed by atoms with E-state index in [1.54, 1.807) is 37.2 Å². The number of anilines is 2. The van der Waals surface area contributed by atoms with Crippen LogP contribution in [-0.2, 0) is 24.2 Å². The zero-order valence-electron chi connectivity index (χ0n) is 20.0. The number of aryl methyl sites for hydroxylation is 1. The highest BCUT2D eigenvalue weighted by molar-refractivity contribution is 5.96. The van der Waals surface area contributed by atoms with Crippen molar-refractivity contribution in [1.29, 1.82) is 0 Å². The highest BCUT2D eigenvalue weighted by Crippen LogP contribution is 2.39. The summed E-state index contributed by atoms with van der Waals surface area (Å²) in [5.41, 5.74) is 1.75. The maximum absolute atomic E-state index is 13.8. The molecule has 2 aromatic carbocycles. The number of ether oxygens (including phenoxy) is 2. The first-order chi connectivity index (χ1) is 17.1. The summed E-state index contributed by atoms with van der Waals surface area (Å²) in [5.74, 6) is -0.628. The van der Waals surface area contributed by atoms with E-state index in [0.717, 1.165) is 5.56 Å². The number of benzene rings is 2. The van der Waals surface area contributed by atoms with Crippen LogP contribution in [-0.4, -0.2) is 42.1 Å². The molecule has 9 nitrogen and oxygen atoms in total. The summed E-state index contributed by atoms with van der Waals surface area (Å²) in [5, 5.41) is 7.04. The van der Waals surface area contributed by atoms with Gasteiger partial charge >= 0.3 is 6.18 Å². The molecule has 0 bridgehead atoms. The number of carbonyl (C=O) groups excluding carboxylic acids is 1. The molecule has 2 heterocycles. The van der Waals surface area contributed by atoms with E-state index in [-0.39, 0.29) is 30.0 Å². The lowest BCUT2D eigenvalue weighted by Gasteiger charge is -2.26. The summed E-state index contributed by atoms with van der Waals surface area (Å²) in [7, 11) is 4.67. The average Bonchev–Trinajstić information content (AvgIpc) is 2.83. The fourth-order valence-corrected chi connectivity index (χ4v) is 3.74. The number of nitrogens with one attached hydrogen (secondary N) is 2. The molecule has 0 saturated heterocycles. The van der Waals surface area contributed by atoms with Crippen molar-refractivity contribution in [3.8, 4) is 17.4 Å². The van der Waals surface area contributed by atoms with Crippen molar-refractivity contribution >= 4 is 17.5 Å². The Morgan fingerprint density at radius 1 is 1.22 bits per heavy atom. The largest absolute Gasteiger partial charge is 0.495 e. The number of hydrogen-bond acceptors (Lipinski definition) is 8. The van der Waals surface area contributed by atoms with Crippen LogP contribution in [0.3, 0.4) is 0 Å². The van der Waals surface area contributed by atoms with Crippen LogP contribution >= 0.6 is 0 Å². The van der Waals surface area contributed by atoms with Gasteiger partial charge in [-0.05, 0) is 36.2 Å². The maximum atomic E-state index is 13.8. The van der Waals surface area contributed by atoms with Crippen LogP contribution in [0.25, 0.3) is 0 Å². The van der Waals surface area contributed by atoms with E-state index >= 15 is 0 Å². The molecule has 0 saturated carbocycles. The molecule has 12 heteroatoms. The van der Waals surface area contributed by atoms with Crippen LogP contribution in [0, 0.1) is 6.92 Å². The second-order valence-electron chi connectivity index (χ2n) is 8.04. The molecule has 0 atom stereocenters. The van der Waals surface area contributed by atoms with Crippen molar-refractivity contribution in [2.45, 2.75) is 26.3 Å². The normalized spacial score (nSPS) is 13.6. The van der Waals surface area contributed by atoms with Crippen LogP contribution in [0.2, 0.25) is 0 Å². The van der Waals surface area contributed by atoms with E-state index in [0.29, 0.717) is 35.1 Å². The molecule has 190 valence electrons. The summed E-state index contributed by atoms with van der Waals surface area (Å²) in [4.78, 5) is 25.4. The van der Waals surface area contributed by atoms with E-state index in [4.69, 9.17) is 14.3 Å². The zero-order chi connectivity index (χ0) is 26.0. The zero-order valence-corrected chi connectivity index (χ0v) is 20.0. The van der Waals surface area contributed by atoms with Gasteiger partial charge in [0.2, 0.25) is 11.8 Å². The van der Waals surface area contributed by atoms with Crippen LogP contribution < -0.4 is 20.1 Å². The smallest absolute Gasteiger partial charge is 0.423 e. The fraction of sp³-hybridized carbons (Fsp3) is 0.292. The molecule has 0 aliphatic carbocycles. The second kappa shape index (κ2) is 9.99. The predicted molar refractivity (Wildman–Crippen MR) is 124 cm³/mol. The summed E-state index contributed by atoms with van der Waals surface area (Å²) >= 11 is 0. The van der Waals surface area contributed by atoms with E-state index in [9.17, 15) is 18.0 Å². The van der Waals surface area contributed by atoms with Gasteiger partial charge in [0.25, 0.3) is 5.91 Å². The minimum absolute atomic E-state index is 0.147. The number of hydroxylamine groups is 2. The average molecular weight is 503 g/mol. The summed E-state index contributed by atoms with van der Waals surface area (Å²) < 4.78 is 52.3. The lowest BCUT2D eigenvalue weighted by molar-refractivity contribution is -0.168. The third-order valence-electron chi connectivity index (χ3n) is 5.58. The molecule has 0 radical (unpaired) electrons. The van der Waals surface area contributed by atoms with Crippen molar-refractivity contribution in [3.63, 3.8) is 0 Å². The number of amides is 1. The summed E-state index contributed by atoms with van der Waals surface area (Å²) in [6, 6.07) is 8.25. The fourth-order valence-electron chi connectivity index (χ4n) is 3.74. The van der Waals surface area contributed by atoms with Crippen molar-refractivity contribution in [1.82, 2.24) is 20.3 Å². The van der Waals surface area contributed by atoms with E-state index in [2.05, 4.69) is 20.6 Å². The van der Waals surface area contributed by atoms with Gasteiger partial charge in [0.1, 0.15) is 17.1 Å². The Morgan fingerprint density at radius 3 is 2.69 bits per heavy atom. The number of methoxy groups -OCH3 is 1. The molecular formula is C24H24F3N5O4. The number of rotatable bonds is 6. The number of fused-ring (bicyclic) bond motifs is 1. The number of alkyl halides is 3. The molecule has 0 fully saturated rings. The van der Waals surface area contributed by atoms with Crippen LogP contribution in [0.5, 0.6) is 17.4 Å². The molecule has 0 unspecified atom stereocenters. The van der Waals surface area contributed by atoms with Gasteiger partial charge in [-0.15, -0.1) is 0 Å². The lowest BCUT2D eigenvalue weighted by Crippen LogP contribution is -2.24. The van der Waals surface area contributed by atoms with E-state index in [1.807, 2.05) is 6.07 Å². The number of nitrogens with zero attached hydrogens (tertiary/aromatic N) is 3. The quantitative estimate of drug-likeness (QED) is 0.505. The first-order valence-corrected chi connectivity index (χ1v) is 10.8. The molecule has 1 aliphatic heterocycles. The first-order valence-electron chi connectivity index (χ1n) is 10.8. The molecule has 36 heavy (non-hydrogen) atoms. The van der Waals surface area contributed by atoms with Crippen molar-refractivity contribution in [2.75, 3.05) is 26.5 Å². The van der Waals surface area contributed by atoms with Gasteiger partial charge in [-0.1, -0.05) is 12.1 Å². The van der Waals surface area contributed by atoms with Gasteiger partial charge in [0.05, 0.1) is 19.4 Å². The number of halogens is 3. The summed E-state index contributed by atoms with van der Waals surface area (Å²) in [6.45, 7) is 2.32. The molecule has 1 aliphatic rings. The Balaban J connectivity index is 1.71. The molecule has 3 aromatic rings. The highest BCUT2D eigenvalue weighted by atomic mass is 19.4. The standard InChI is InChI=1S/C24H24F3N5O4/c1-13-8-18(20(34-4)9-15(13)21(33)28-2)30-23-29-10-17(24(25,26)27)22(31-23)36-19-7-5-6-14-11-32(3)35-12-16(14)19/h5-10H,11-12H2,1-4H3,(H,28,33)(H,29,30,31). The summed E-state index contributed by atoms with van der Waals surface area (Å²) in [6.07, 6.45) is -4.09. The van der Waals surface area contributed by atoms with Gasteiger partial charge in [-0.2, -0.15) is 23.2 Å². The number of hydrogen-bond donors (Lipinski definition) is 2. The highest BCUT2D eigenvalue weighted by Gasteiger charge is 2.37. The molecule has 0 spiro atoms. The Morgan fingerprint density at radius 2 is 2.00 bits per heavy atom. The Kier molecular flexibility index (Phi) is 7.00. The molecular weight excluding hydrogens is 479 g/mol. The van der Waals surface area contributed by atoms with E-state index in [1.165, 1.54) is 20.2 Å².